The van der Waals surface area contributed by atoms with Crippen molar-refractivity contribution in [3.63, 3.8) is 0 Å². The third-order valence-corrected chi connectivity index (χ3v) is 2.71. The molecule has 0 aromatic carbocycles. The molecule has 0 saturated heterocycles. The second kappa shape index (κ2) is 14.5. The average Bonchev–Trinajstić information content (AvgIpc) is 2.45. The van der Waals surface area contributed by atoms with E-state index in [2.05, 4.69) is 13.8 Å². The summed E-state index contributed by atoms with van der Waals surface area (Å²) in [7, 11) is 0. The number of hydrogen-bond donors (Lipinski definition) is 0. The van der Waals surface area contributed by atoms with Crippen molar-refractivity contribution in [2.45, 2.75) is 66.2 Å². The largest absolute Gasteiger partial charge is 0.491 e. The molecule has 0 spiro atoms. The number of unbranched alkanes of at least 4 members (excludes halogenated alkanes) is 3. The lowest BCUT2D eigenvalue weighted by molar-refractivity contribution is -0.0822. The third-order valence-electron chi connectivity index (χ3n) is 2.71. The SMILES string of the molecule is CCCCCCOCO/C(OCC)=C(/CCC)OCC. The van der Waals surface area contributed by atoms with Gasteiger partial charge in [-0.05, 0) is 26.7 Å². The Morgan fingerprint density at radius 2 is 1.50 bits per heavy atom. The Bertz CT molecular complexity index is 231. The number of ether oxygens (including phenoxy) is 4. The Balaban J connectivity index is 4.07. The molecule has 0 fully saturated rings. The average molecular weight is 288 g/mol. The minimum Gasteiger partial charge on any atom is -0.491 e. The third kappa shape index (κ3) is 9.96. The molecule has 0 N–H and O–H groups in total. The first kappa shape index (κ1) is 19.1. The zero-order valence-corrected chi connectivity index (χ0v) is 13.7. The van der Waals surface area contributed by atoms with Gasteiger partial charge in [-0.15, -0.1) is 0 Å². The summed E-state index contributed by atoms with van der Waals surface area (Å²) in [6.07, 6.45) is 6.61. The summed E-state index contributed by atoms with van der Waals surface area (Å²) in [6, 6.07) is 0. The maximum Gasteiger partial charge on any atom is 0.321 e. The Morgan fingerprint density at radius 1 is 0.750 bits per heavy atom. The van der Waals surface area contributed by atoms with Gasteiger partial charge in [0.05, 0.1) is 19.8 Å². The van der Waals surface area contributed by atoms with Gasteiger partial charge in [0.25, 0.3) is 0 Å². The summed E-state index contributed by atoms with van der Waals surface area (Å²) in [4.78, 5) is 0. The summed E-state index contributed by atoms with van der Waals surface area (Å²) < 4.78 is 22.1. The normalized spacial score (nSPS) is 12.0. The van der Waals surface area contributed by atoms with Crippen molar-refractivity contribution >= 4 is 0 Å². The Kier molecular flexibility index (Phi) is 13.9. The monoisotopic (exact) mass is 288 g/mol. The quantitative estimate of drug-likeness (QED) is 0.266. The summed E-state index contributed by atoms with van der Waals surface area (Å²) >= 11 is 0. The molecule has 20 heavy (non-hydrogen) atoms. The van der Waals surface area contributed by atoms with Gasteiger partial charge in [0.1, 0.15) is 0 Å². The van der Waals surface area contributed by atoms with Gasteiger partial charge in [-0.3, -0.25) is 0 Å². The van der Waals surface area contributed by atoms with Gasteiger partial charge in [-0.1, -0.05) is 33.1 Å². The van der Waals surface area contributed by atoms with Gasteiger partial charge in [0.2, 0.25) is 0 Å². The minimum atomic E-state index is 0.224. The van der Waals surface area contributed by atoms with Crippen molar-refractivity contribution < 1.29 is 18.9 Å². The zero-order valence-electron chi connectivity index (χ0n) is 13.7. The summed E-state index contributed by atoms with van der Waals surface area (Å²) in [6.45, 7) is 10.3. The van der Waals surface area contributed by atoms with Crippen LogP contribution in [-0.4, -0.2) is 26.6 Å². The topological polar surface area (TPSA) is 36.9 Å². The fourth-order valence-corrected chi connectivity index (χ4v) is 1.75. The van der Waals surface area contributed by atoms with E-state index in [0.717, 1.165) is 31.6 Å². The highest BCUT2D eigenvalue weighted by atomic mass is 16.7. The molecule has 0 aromatic heterocycles. The Morgan fingerprint density at radius 3 is 2.10 bits per heavy atom. The summed E-state index contributed by atoms with van der Waals surface area (Å²) in [5, 5.41) is 0. The van der Waals surface area contributed by atoms with E-state index in [1.165, 1.54) is 19.3 Å². The second-order valence-corrected chi connectivity index (χ2v) is 4.56. The van der Waals surface area contributed by atoms with Gasteiger partial charge in [-0.25, -0.2) is 0 Å². The minimum absolute atomic E-state index is 0.224. The first-order chi connectivity index (χ1) is 9.79. The van der Waals surface area contributed by atoms with E-state index >= 15 is 0 Å². The molecule has 0 aliphatic carbocycles. The summed E-state index contributed by atoms with van der Waals surface area (Å²) in [5.41, 5.74) is 0. The maximum absolute atomic E-state index is 5.58. The highest BCUT2D eigenvalue weighted by Gasteiger charge is 2.10. The van der Waals surface area contributed by atoms with E-state index < -0.39 is 0 Å². The van der Waals surface area contributed by atoms with E-state index in [0.29, 0.717) is 19.2 Å². The molecular formula is C16H32O4. The molecule has 0 aliphatic heterocycles. The predicted molar refractivity (Wildman–Crippen MR) is 81.2 cm³/mol. The molecule has 0 amide bonds. The molecule has 0 heterocycles. The van der Waals surface area contributed by atoms with Crippen molar-refractivity contribution in [2.24, 2.45) is 0 Å². The molecule has 0 unspecified atom stereocenters. The maximum atomic E-state index is 5.58. The Hall–Kier alpha value is -0.900. The fourth-order valence-electron chi connectivity index (χ4n) is 1.75. The van der Waals surface area contributed by atoms with Crippen LogP contribution in [0, 0.1) is 0 Å². The van der Waals surface area contributed by atoms with Gasteiger partial charge in [-0.2, -0.15) is 0 Å². The molecule has 0 radical (unpaired) electrons. The first-order valence-corrected chi connectivity index (χ1v) is 7.99. The van der Waals surface area contributed by atoms with E-state index in [9.17, 15) is 0 Å². The van der Waals surface area contributed by atoms with Crippen molar-refractivity contribution in [3.8, 4) is 0 Å². The molecular weight excluding hydrogens is 256 g/mol. The Labute approximate surface area is 124 Å². The van der Waals surface area contributed by atoms with Crippen LogP contribution in [-0.2, 0) is 18.9 Å². The van der Waals surface area contributed by atoms with Gasteiger partial charge in [0, 0.05) is 6.42 Å². The van der Waals surface area contributed by atoms with Crippen LogP contribution in [0.2, 0.25) is 0 Å². The molecule has 0 rings (SSSR count). The standard InChI is InChI=1S/C16H32O4/c1-5-9-10-11-13-17-14-20-16(19-8-4)15(12-6-2)18-7-3/h5-14H2,1-4H3/b16-15-. The number of hydrogen-bond acceptors (Lipinski definition) is 4. The zero-order chi connectivity index (χ0) is 15.1. The lowest BCUT2D eigenvalue weighted by Crippen LogP contribution is -2.09. The van der Waals surface area contributed by atoms with Crippen LogP contribution in [0.25, 0.3) is 0 Å². The first-order valence-electron chi connectivity index (χ1n) is 7.99. The van der Waals surface area contributed by atoms with E-state index in [4.69, 9.17) is 18.9 Å². The van der Waals surface area contributed by atoms with E-state index in [1.54, 1.807) is 0 Å². The second-order valence-electron chi connectivity index (χ2n) is 4.56. The molecule has 4 nitrogen and oxygen atoms in total. The molecule has 120 valence electrons. The molecule has 0 aliphatic rings. The number of allylic oxidation sites excluding steroid dienone is 1. The van der Waals surface area contributed by atoms with Crippen LogP contribution in [0.15, 0.2) is 11.7 Å². The predicted octanol–water partition coefficient (Wildman–Crippen LogP) is 4.60. The van der Waals surface area contributed by atoms with Crippen LogP contribution in [0.4, 0.5) is 0 Å². The van der Waals surface area contributed by atoms with Crippen molar-refractivity contribution in [3.05, 3.63) is 11.7 Å². The van der Waals surface area contributed by atoms with Crippen LogP contribution >= 0.6 is 0 Å². The van der Waals surface area contributed by atoms with Crippen molar-refractivity contribution in [1.29, 1.82) is 0 Å². The smallest absolute Gasteiger partial charge is 0.321 e. The van der Waals surface area contributed by atoms with Crippen LogP contribution in [0.3, 0.4) is 0 Å². The molecule has 0 atom stereocenters. The lowest BCUT2D eigenvalue weighted by atomic mass is 10.2. The number of rotatable bonds is 14. The van der Waals surface area contributed by atoms with E-state index in [1.807, 2.05) is 13.8 Å². The highest BCUT2D eigenvalue weighted by molar-refractivity contribution is 4.94. The lowest BCUT2D eigenvalue weighted by Gasteiger charge is -2.16. The van der Waals surface area contributed by atoms with Gasteiger partial charge >= 0.3 is 5.95 Å². The van der Waals surface area contributed by atoms with Crippen molar-refractivity contribution in [1.82, 2.24) is 0 Å². The fraction of sp³-hybridized carbons (Fsp3) is 0.875. The van der Waals surface area contributed by atoms with Crippen molar-refractivity contribution in [2.75, 3.05) is 26.6 Å². The highest BCUT2D eigenvalue weighted by Crippen LogP contribution is 2.15. The van der Waals surface area contributed by atoms with Gasteiger partial charge < -0.3 is 18.9 Å². The molecule has 0 aromatic rings. The molecule has 0 saturated carbocycles. The summed E-state index contributed by atoms with van der Waals surface area (Å²) in [5.74, 6) is 1.26. The van der Waals surface area contributed by atoms with Crippen LogP contribution in [0.1, 0.15) is 66.2 Å². The molecule has 0 bridgehead atoms. The van der Waals surface area contributed by atoms with Crippen LogP contribution in [0.5, 0.6) is 0 Å². The van der Waals surface area contributed by atoms with Crippen LogP contribution < -0.4 is 0 Å². The molecule has 4 heteroatoms. The van der Waals surface area contributed by atoms with E-state index in [-0.39, 0.29) is 6.79 Å². The van der Waals surface area contributed by atoms with Gasteiger partial charge in [0.15, 0.2) is 12.6 Å².